The molecular formula is C21H22N4O4. The quantitative estimate of drug-likeness (QED) is 0.720. The van der Waals surface area contributed by atoms with E-state index in [9.17, 15) is 14.7 Å². The fraction of sp³-hybridized carbons (Fsp3) is 0.333. The van der Waals surface area contributed by atoms with Crippen LogP contribution in [0.5, 0.6) is 5.88 Å². The summed E-state index contributed by atoms with van der Waals surface area (Å²) in [5.41, 5.74) is -0.113. The summed E-state index contributed by atoms with van der Waals surface area (Å²) in [6.45, 7) is 0.945. The average Bonchev–Trinajstić information content (AvgIpc) is 2.76. The molecule has 29 heavy (non-hydrogen) atoms. The number of methoxy groups -OCH3 is 1. The third-order valence-corrected chi connectivity index (χ3v) is 5.37. The number of fused-ring (bicyclic) bond motifs is 1. The van der Waals surface area contributed by atoms with Crippen molar-refractivity contribution < 1.29 is 14.6 Å². The van der Waals surface area contributed by atoms with E-state index < -0.39 is 5.60 Å². The van der Waals surface area contributed by atoms with Crippen molar-refractivity contribution in [2.45, 2.75) is 25.0 Å². The monoisotopic (exact) mass is 394 g/mol. The molecule has 8 heteroatoms. The minimum atomic E-state index is -1.07. The van der Waals surface area contributed by atoms with Crippen LogP contribution in [0.2, 0.25) is 0 Å². The first-order chi connectivity index (χ1) is 14.0. The topological polar surface area (TPSA) is 97.5 Å². The van der Waals surface area contributed by atoms with Crippen molar-refractivity contribution >= 4 is 16.8 Å². The van der Waals surface area contributed by atoms with Gasteiger partial charge in [-0.15, -0.1) is 0 Å². The zero-order valence-corrected chi connectivity index (χ0v) is 16.1. The van der Waals surface area contributed by atoms with Crippen molar-refractivity contribution in [3.8, 4) is 5.88 Å². The van der Waals surface area contributed by atoms with Crippen molar-refractivity contribution in [3.63, 3.8) is 0 Å². The second-order valence-electron chi connectivity index (χ2n) is 7.30. The average molecular weight is 394 g/mol. The molecule has 0 radical (unpaired) electrons. The van der Waals surface area contributed by atoms with Crippen molar-refractivity contribution in [1.29, 1.82) is 0 Å². The normalized spacial score (nSPS) is 16.0. The van der Waals surface area contributed by atoms with Crippen LogP contribution in [0.25, 0.3) is 10.9 Å². The van der Waals surface area contributed by atoms with Gasteiger partial charge in [0.2, 0.25) is 5.88 Å². The van der Waals surface area contributed by atoms with E-state index in [0.29, 0.717) is 48.3 Å². The van der Waals surface area contributed by atoms with E-state index in [4.69, 9.17) is 4.74 Å². The Morgan fingerprint density at radius 1 is 1.21 bits per heavy atom. The largest absolute Gasteiger partial charge is 0.481 e. The second kappa shape index (κ2) is 7.63. The van der Waals surface area contributed by atoms with E-state index in [1.165, 1.54) is 24.2 Å². The SMILES string of the molecule is COc1cc(C(=O)N2CCC(O)(Cn3cnc4ccccc4c3=O)CC2)ccn1. The zero-order valence-electron chi connectivity index (χ0n) is 16.1. The molecular weight excluding hydrogens is 372 g/mol. The number of pyridine rings is 1. The van der Waals surface area contributed by atoms with Crippen LogP contribution in [0.1, 0.15) is 23.2 Å². The summed E-state index contributed by atoms with van der Waals surface area (Å²) in [5, 5.41) is 11.5. The number of aliphatic hydroxyl groups is 1. The molecule has 1 N–H and O–H groups in total. The summed E-state index contributed by atoms with van der Waals surface area (Å²) in [4.78, 5) is 35.4. The Labute approximate surface area is 167 Å². The number of nitrogens with zero attached hydrogens (tertiary/aromatic N) is 4. The number of piperidine rings is 1. The van der Waals surface area contributed by atoms with Crippen molar-refractivity contribution in [3.05, 3.63) is 64.8 Å². The molecule has 0 aliphatic carbocycles. The van der Waals surface area contributed by atoms with Crippen LogP contribution in [0.15, 0.2) is 53.7 Å². The molecule has 0 spiro atoms. The number of para-hydroxylation sites is 1. The summed E-state index contributed by atoms with van der Waals surface area (Å²) >= 11 is 0. The van der Waals surface area contributed by atoms with Crippen molar-refractivity contribution in [2.24, 2.45) is 0 Å². The Morgan fingerprint density at radius 3 is 2.72 bits per heavy atom. The van der Waals surface area contributed by atoms with Gasteiger partial charge in [-0.25, -0.2) is 9.97 Å². The first-order valence-electron chi connectivity index (χ1n) is 9.45. The van der Waals surface area contributed by atoms with E-state index >= 15 is 0 Å². The lowest BCUT2D eigenvalue weighted by atomic mass is 9.91. The summed E-state index contributed by atoms with van der Waals surface area (Å²) in [7, 11) is 1.50. The molecule has 2 aromatic heterocycles. The van der Waals surface area contributed by atoms with Gasteiger partial charge in [0.05, 0.1) is 36.5 Å². The number of carbonyl (C=O) groups excluding carboxylic acids is 1. The lowest BCUT2D eigenvalue weighted by Gasteiger charge is -2.38. The molecule has 0 bridgehead atoms. The van der Waals surface area contributed by atoms with Gasteiger partial charge in [0, 0.05) is 30.9 Å². The highest BCUT2D eigenvalue weighted by Crippen LogP contribution is 2.25. The van der Waals surface area contributed by atoms with E-state index in [-0.39, 0.29) is 18.0 Å². The molecule has 4 rings (SSSR count). The van der Waals surface area contributed by atoms with Gasteiger partial charge in [-0.2, -0.15) is 0 Å². The third kappa shape index (κ3) is 3.84. The maximum Gasteiger partial charge on any atom is 0.261 e. The van der Waals surface area contributed by atoms with Crippen LogP contribution in [-0.4, -0.2) is 56.2 Å². The number of carbonyl (C=O) groups is 1. The van der Waals surface area contributed by atoms with Crippen LogP contribution < -0.4 is 10.3 Å². The lowest BCUT2D eigenvalue weighted by molar-refractivity contribution is -0.0299. The Morgan fingerprint density at radius 2 is 1.97 bits per heavy atom. The Balaban J connectivity index is 1.46. The highest BCUT2D eigenvalue weighted by molar-refractivity contribution is 5.94. The number of aromatic nitrogens is 3. The van der Waals surface area contributed by atoms with Crippen LogP contribution in [0.4, 0.5) is 0 Å². The van der Waals surface area contributed by atoms with Gasteiger partial charge < -0.3 is 14.7 Å². The van der Waals surface area contributed by atoms with Gasteiger partial charge in [0.1, 0.15) is 0 Å². The Kier molecular flexibility index (Phi) is 5.02. The molecule has 1 saturated heterocycles. The van der Waals surface area contributed by atoms with Crippen LogP contribution in [0.3, 0.4) is 0 Å². The van der Waals surface area contributed by atoms with Crippen LogP contribution >= 0.6 is 0 Å². The van der Waals surface area contributed by atoms with Gasteiger partial charge in [-0.1, -0.05) is 12.1 Å². The Hall–Kier alpha value is -3.26. The number of likely N-dealkylation sites (tertiary alicyclic amines) is 1. The smallest absolute Gasteiger partial charge is 0.261 e. The standard InChI is InChI=1S/C21H22N4O4/c1-29-18-12-15(6-9-22-18)19(26)24-10-7-21(28,8-11-24)13-25-14-23-17-5-3-2-4-16(17)20(25)27/h2-6,9,12,14,28H,7-8,10-11,13H2,1H3. The molecule has 150 valence electrons. The maximum absolute atomic E-state index is 12.7. The second-order valence-corrected chi connectivity index (χ2v) is 7.30. The number of rotatable bonds is 4. The molecule has 0 saturated carbocycles. The number of hydrogen-bond donors (Lipinski definition) is 1. The number of hydrogen-bond acceptors (Lipinski definition) is 6. The first kappa shape index (κ1) is 19.1. The van der Waals surface area contributed by atoms with Crippen molar-refractivity contribution in [1.82, 2.24) is 19.4 Å². The summed E-state index contributed by atoms with van der Waals surface area (Å²) in [6, 6.07) is 10.4. The molecule has 1 aliphatic rings. The van der Waals surface area contributed by atoms with E-state index in [0.717, 1.165) is 0 Å². The zero-order chi connectivity index (χ0) is 20.4. The van der Waals surface area contributed by atoms with E-state index in [1.807, 2.05) is 6.07 Å². The van der Waals surface area contributed by atoms with Crippen LogP contribution in [-0.2, 0) is 6.54 Å². The fourth-order valence-electron chi connectivity index (χ4n) is 3.66. The molecule has 1 aromatic carbocycles. The first-order valence-corrected chi connectivity index (χ1v) is 9.45. The predicted octanol–water partition coefficient (Wildman–Crippen LogP) is 1.47. The lowest BCUT2D eigenvalue weighted by Crippen LogP contribution is -2.49. The van der Waals surface area contributed by atoms with Gasteiger partial charge in [0.15, 0.2) is 0 Å². The summed E-state index contributed by atoms with van der Waals surface area (Å²) < 4.78 is 6.53. The van der Waals surface area contributed by atoms with Crippen LogP contribution in [0, 0.1) is 0 Å². The minimum absolute atomic E-state index is 0.128. The highest BCUT2D eigenvalue weighted by atomic mass is 16.5. The van der Waals surface area contributed by atoms with E-state index in [2.05, 4.69) is 9.97 Å². The molecule has 3 heterocycles. The maximum atomic E-state index is 12.7. The molecule has 3 aromatic rings. The summed E-state index contributed by atoms with van der Waals surface area (Å²) in [6.07, 6.45) is 3.76. The number of benzene rings is 1. The van der Waals surface area contributed by atoms with Gasteiger partial charge >= 0.3 is 0 Å². The van der Waals surface area contributed by atoms with Gasteiger partial charge in [-0.3, -0.25) is 14.2 Å². The predicted molar refractivity (Wildman–Crippen MR) is 107 cm³/mol. The van der Waals surface area contributed by atoms with Gasteiger partial charge in [-0.05, 0) is 31.0 Å². The number of ether oxygens (including phenoxy) is 1. The Bertz CT molecular complexity index is 1100. The summed E-state index contributed by atoms with van der Waals surface area (Å²) in [5.74, 6) is 0.254. The fourth-order valence-corrected chi connectivity index (χ4v) is 3.66. The molecule has 1 amide bonds. The molecule has 0 atom stereocenters. The highest BCUT2D eigenvalue weighted by Gasteiger charge is 2.35. The molecule has 1 aliphatic heterocycles. The minimum Gasteiger partial charge on any atom is -0.481 e. The van der Waals surface area contributed by atoms with Gasteiger partial charge in [0.25, 0.3) is 11.5 Å². The number of amides is 1. The molecule has 0 unspecified atom stereocenters. The van der Waals surface area contributed by atoms with Crippen molar-refractivity contribution in [2.75, 3.05) is 20.2 Å². The molecule has 1 fully saturated rings. The molecule has 8 nitrogen and oxygen atoms in total. The van der Waals surface area contributed by atoms with E-state index in [1.54, 1.807) is 35.2 Å². The third-order valence-electron chi connectivity index (χ3n) is 5.37.